The lowest BCUT2D eigenvalue weighted by molar-refractivity contribution is -0.142. The van der Waals surface area contributed by atoms with Crippen molar-refractivity contribution in [3.05, 3.63) is 36.1 Å². The van der Waals surface area contributed by atoms with Gasteiger partial charge in [-0.15, -0.1) is 5.10 Å². The van der Waals surface area contributed by atoms with Gasteiger partial charge >= 0.3 is 6.18 Å². The number of nitrogens with zero attached hydrogens (tertiary/aromatic N) is 7. The molecule has 0 amide bonds. The van der Waals surface area contributed by atoms with Crippen LogP contribution in [-0.2, 0) is 11.3 Å². The first kappa shape index (κ1) is 22.6. The van der Waals surface area contributed by atoms with Crippen LogP contribution in [-0.4, -0.2) is 92.1 Å². The number of nitrogens with one attached hydrogen (secondary N) is 1. The van der Waals surface area contributed by atoms with Crippen molar-refractivity contribution in [1.29, 1.82) is 0 Å². The number of hydrogen-bond acceptors (Lipinski definition) is 7. The molecule has 1 N–H and O–H groups in total. The van der Waals surface area contributed by atoms with Gasteiger partial charge in [0.2, 0.25) is 11.5 Å². The summed E-state index contributed by atoms with van der Waals surface area (Å²) in [6.45, 7) is -0.913. The Labute approximate surface area is 206 Å². The number of fused-ring (bicyclic) bond motifs is 2. The Morgan fingerprint density at radius 3 is 2.81 bits per heavy atom. The molecule has 5 heterocycles. The summed E-state index contributed by atoms with van der Waals surface area (Å²) in [5.74, 6) is -3.08. The molecule has 0 bridgehead atoms. The molecule has 196 valence electrons. The molecule has 2 fully saturated rings. The predicted molar refractivity (Wildman–Crippen MR) is 119 cm³/mol. The lowest BCUT2D eigenvalue weighted by Crippen LogP contribution is -2.48. The second kappa shape index (κ2) is 8.48. The minimum Gasteiger partial charge on any atom is -0.479 e. The average Bonchev–Trinajstić information content (AvgIpc) is 3.44. The SMILES string of the molecule is [2H]c1cc(-c2ccc3nnn(CC(F)(F)F)c3c2)c2c(OC)nc(=NC3CN(C4COC4)CC3(F)F)[nH]n12. The fourth-order valence-corrected chi connectivity index (χ4v) is 4.59. The Hall–Kier alpha value is -3.59. The number of likely N-dealkylation sites (tertiary alicyclic amines) is 1. The molecule has 2 saturated heterocycles. The highest BCUT2D eigenvalue weighted by atomic mass is 19.4. The summed E-state index contributed by atoms with van der Waals surface area (Å²) >= 11 is 0. The Morgan fingerprint density at radius 1 is 1.30 bits per heavy atom. The molecule has 3 aromatic heterocycles. The van der Waals surface area contributed by atoms with E-state index in [0.29, 0.717) is 24.3 Å². The second-order valence-electron chi connectivity index (χ2n) is 9.02. The van der Waals surface area contributed by atoms with Crippen molar-refractivity contribution in [3.63, 3.8) is 0 Å². The second-order valence-corrected chi connectivity index (χ2v) is 9.02. The largest absolute Gasteiger partial charge is 0.479 e. The molecule has 1 atom stereocenters. The summed E-state index contributed by atoms with van der Waals surface area (Å²) < 4.78 is 89.4. The summed E-state index contributed by atoms with van der Waals surface area (Å²) in [5, 5.41) is 10.2. The first-order chi connectivity index (χ1) is 18.0. The number of hydrogen-bond donors (Lipinski definition) is 1. The lowest BCUT2D eigenvalue weighted by Gasteiger charge is -2.34. The minimum absolute atomic E-state index is 0.00332. The van der Waals surface area contributed by atoms with E-state index in [0.717, 1.165) is 4.68 Å². The minimum atomic E-state index is -4.49. The molecule has 10 nitrogen and oxygen atoms in total. The van der Waals surface area contributed by atoms with Gasteiger partial charge in [-0.05, 0) is 23.8 Å². The van der Waals surface area contributed by atoms with Crippen molar-refractivity contribution in [1.82, 2.24) is 34.5 Å². The summed E-state index contributed by atoms with van der Waals surface area (Å²) in [5.41, 5.74) is 1.44. The van der Waals surface area contributed by atoms with E-state index < -0.39 is 31.2 Å². The smallest absolute Gasteiger partial charge is 0.408 e. The zero-order valence-electron chi connectivity index (χ0n) is 20.3. The van der Waals surface area contributed by atoms with Crippen LogP contribution in [0.15, 0.2) is 35.4 Å². The zero-order chi connectivity index (χ0) is 26.8. The van der Waals surface area contributed by atoms with Crippen molar-refractivity contribution >= 4 is 16.6 Å². The van der Waals surface area contributed by atoms with Crippen molar-refractivity contribution < 1.29 is 32.8 Å². The summed E-state index contributed by atoms with van der Waals surface area (Å²) in [6, 6.07) is 4.65. The third-order valence-corrected chi connectivity index (χ3v) is 6.51. The molecule has 0 spiro atoms. The highest BCUT2D eigenvalue weighted by Gasteiger charge is 2.51. The van der Waals surface area contributed by atoms with Crippen LogP contribution in [0.2, 0.25) is 0 Å². The topological polar surface area (TPSA) is 97.9 Å². The number of aromatic amines is 1. The van der Waals surface area contributed by atoms with Gasteiger partial charge in [0.1, 0.15) is 23.6 Å². The number of H-pyrrole nitrogens is 1. The summed E-state index contributed by atoms with van der Waals surface area (Å²) in [7, 11) is 1.33. The maximum absolute atomic E-state index is 14.7. The average molecular weight is 525 g/mol. The monoisotopic (exact) mass is 525 g/mol. The van der Waals surface area contributed by atoms with E-state index >= 15 is 0 Å². The van der Waals surface area contributed by atoms with Gasteiger partial charge in [0, 0.05) is 18.3 Å². The number of aromatic nitrogens is 6. The number of alkyl halides is 5. The molecule has 2 aliphatic heterocycles. The molecule has 6 rings (SSSR count). The molecule has 2 aliphatic rings. The van der Waals surface area contributed by atoms with Gasteiger partial charge < -0.3 is 9.47 Å². The van der Waals surface area contributed by atoms with Crippen LogP contribution in [0.5, 0.6) is 5.88 Å². The van der Waals surface area contributed by atoms with Crippen molar-refractivity contribution in [2.45, 2.75) is 30.7 Å². The maximum Gasteiger partial charge on any atom is 0.408 e. The first-order valence-corrected chi connectivity index (χ1v) is 11.3. The van der Waals surface area contributed by atoms with E-state index in [2.05, 4.69) is 25.4 Å². The Morgan fingerprint density at radius 2 is 2.11 bits per heavy atom. The number of halogens is 5. The zero-order valence-corrected chi connectivity index (χ0v) is 19.3. The van der Waals surface area contributed by atoms with E-state index in [1.54, 1.807) is 11.0 Å². The van der Waals surface area contributed by atoms with Gasteiger partial charge in [0.15, 0.2) is 0 Å². The van der Waals surface area contributed by atoms with Crippen LogP contribution < -0.4 is 10.4 Å². The van der Waals surface area contributed by atoms with Crippen molar-refractivity contribution in [3.8, 4) is 17.0 Å². The molecular formula is C22H21F5N8O2. The molecular weight excluding hydrogens is 503 g/mol. The Balaban J connectivity index is 1.42. The standard InChI is InChI=1S/C22H21F5N8O2/c1-36-19-18-14(12-2-3-15-16(6-12)35(32-30-15)11-22(25,26)27)4-5-34(18)31-20(29-19)28-17-7-33(10-21(17,23)24)13-8-37-9-13/h2-6,13,17H,7-11H2,1H3,(H,28,31)/i5D. The highest BCUT2D eigenvalue weighted by molar-refractivity contribution is 5.89. The number of ether oxygens (including phenoxy) is 2. The fraction of sp³-hybridized carbons (Fsp3) is 0.455. The van der Waals surface area contributed by atoms with Crippen molar-refractivity contribution in [2.24, 2.45) is 4.99 Å². The van der Waals surface area contributed by atoms with Gasteiger partial charge in [-0.25, -0.2) is 18.5 Å². The number of methoxy groups -OCH3 is 1. The Bertz CT molecular complexity index is 1590. The molecule has 0 radical (unpaired) electrons. The lowest BCUT2D eigenvalue weighted by atomic mass is 10.1. The summed E-state index contributed by atoms with van der Waals surface area (Å²) in [6.07, 6.45) is -4.56. The predicted octanol–water partition coefficient (Wildman–Crippen LogP) is 2.26. The molecule has 4 aromatic rings. The van der Waals surface area contributed by atoms with Crippen LogP contribution in [0.25, 0.3) is 27.7 Å². The Kier molecular flexibility index (Phi) is 5.18. The first-order valence-electron chi connectivity index (χ1n) is 11.8. The van der Waals surface area contributed by atoms with Gasteiger partial charge in [0.05, 0.1) is 39.8 Å². The maximum atomic E-state index is 14.7. The van der Waals surface area contributed by atoms with Gasteiger partial charge in [0.25, 0.3) is 5.92 Å². The van der Waals surface area contributed by atoms with Crippen LogP contribution in [0.4, 0.5) is 22.0 Å². The van der Waals surface area contributed by atoms with Crippen LogP contribution in [0.1, 0.15) is 1.37 Å². The van der Waals surface area contributed by atoms with Crippen molar-refractivity contribution in [2.75, 3.05) is 33.4 Å². The fourth-order valence-electron chi connectivity index (χ4n) is 4.59. The van der Waals surface area contributed by atoms with Gasteiger partial charge in [-0.3, -0.25) is 14.5 Å². The van der Waals surface area contributed by atoms with Crippen LogP contribution in [0, 0.1) is 0 Å². The third kappa shape index (κ3) is 4.31. The van der Waals surface area contributed by atoms with Crippen LogP contribution in [0.3, 0.4) is 0 Å². The van der Waals surface area contributed by atoms with E-state index in [9.17, 15) is 22.0 Å². The van der Waals surface area contributed by atoms with Crippen LogP contribution >= 0.6 is 0 Å². The number of benzene rings is 1. The molecule has 1 aromatic carbocycles. The molecule has 15 heteroatoms. The molecule has 0 aliphatic carbocycles. The quantitative estimate of drug-likeness (QED) is 0.402. The number of rotatable bonds is 5. The molecule has 0 saturated carbocycles. The molecule has 1 unspecified atom stereocenters. The normalized spacial score (nSPS) is 21.6. The van der Waals surface area contributed by atoms with Gasteiger partial charge in [-0.1, -0.05) is 11.3 Å². The highest BCUT2D eigenvalue weighted by Crippen LogP contribution is 2.34. The van der Waals surface area contributed by atoms with Gasteiger partial charge in [-0.2, -0.15) is 18.2 Å². The molecule has 37 heavy (non-hydrogen) atoms. The van der Waals surface area contributed by atoms with E-state index in [-0.39, 0.29) is 46.8 Å². The van der Waals surface area contributed by atoms with E-state index in [1.807, 2.05) is 0 Å². The summed E-state index contributed by atoms with van der Waals surface area (Å²) in [4.78, 5) is 10.1. The third-order valence-electron chi connectivity index (χ3n) is 6.51. The van der Waals surface area contributed by atoms with E-state index in [4.69, 9.17) is 10.8 Å². The van der Waals surface area contributed by atoms with E-state index in [1.165, 1.54) is 29.8 Å².